The lowest BCUT2D eigenvalue weighted by atomic mass is 9.80. The van der Waals surface area contributed by atoms with Crippen molar-refractivity contribution in [2.75, 3.05) is 20.1 Å². The van der Waals surface area contributed by atoms with Gasteiger partial charge in [0.1, 0.15) is 0 Å². The summed E-state index contributed by atoms with van der Waals surface area (Å²) >= 11 is 0. The average molecular weight is 328 g/mol. The molecular formula is C19H24N2O3. The highest BCUT2D eigenvalue weighted by Crippen LogP contribution is 2.46. The van der Waals surface area contributed by atoms with Crippen molar-refractivity contribution < 1.29 is 14.7 Å². The highest BCUT2D eigenvalue weighted by atomic mass is 16.3. The third kappa shape index (κ3) is 2.47. The van der Waals surface area contributed by atoms with Gasteiger partial charge in [0.05, 0.1) is 18.1 Å². The van der Waals surface area contributed by atoms with E-state index in [0.717, 1.165) is 12.0 Å². The summed E-state index contributed by atoms with van der Waals surface area (Å²) in [6, 6.07) is 8.50. The first kappa shape index (κ1) is 15.8. The van der Waals surface area contributed by atoms with E-state index in [2.05, 4.69) is 4.90 Å². The Morgan fingerprint density at radius 1 is 1.33 bits per heavy atom. The molecule has 0 bridgehead atoms. The Bertz CT molecular complexity index is 685. The molecule has 1 aromatic rings. The van der Waals surface area contributed by atoms with Crippen molar-refractivity contribution in [3.63, 3.8) is 0 Å². The van der Waals surface area contributed by atoms with Gasteiger partial charge in [0.15, 0.2) is 0 Å². The topological polar surface area (TPSA) is 60.9 Å². The molecule has 1 aliphatic heterocycles. The molecule has 1 heterocycles. The van der Waals surface area contributed by atoms with Gasteiger partial charge in [-0.1, -0.05) is 24.3 Å². The van der Waals surface area contributed by atoms with Crippen LogP contribution in [0.15, 0.2) is 24.3 Å². The van der Waals surface area contributed by atoms with E-state index in [0.29, 0.717) is 19.0 Å². The Kier molecular flexibility index (Phi) is 3.73. The lowest BCUT2D eigenvalue weighted by Crippen LogP contribution is -2.44. The Hall–Kier alpha value is -1.72. The molecule has 128 valence electrons. The molecule has 4 rings (SSSR count). The van der Waals surface area contributed by atoms with Gasteiger partial charge in [-0.15, -0.1) is 0 Å². The Morgan fingerprint density at radius 3 is 2.83 bits per heavy atom. The van der Waals surface area contributed by atoms with E-state index in [1.54, 1.807) is 0 Å². The Balaban J connectivity index is 1.50. The van der Waals surface area contributed by atoms with E-state index < -0.39 is 11.5 Å². The number of amides is 2. The van der Waals surface area contributed by atoms with Crippen molar-refractivity contribution in [2.45, 2.75) is 49.7 Å². The first-order chi connectivity index (χ1) is 11.5. The minimum atomic E-state index is -0.685. The highest BCUT2D eigenvalue weighted by molar-refractivity contribution is 6.09. The Morgan fingerprint density at radius 2 is 2.08 bits per heavy atom. The van der Waals surface area contributed by atoms with Crippen molar-refractivity contribution >= 4 is 11.8 Å². The number of imide groups is 1. The molecule has 1 saturated carbocycles. The van der Waals surface area contributed by atoms with Gasteiger partial charge in [-0.05, 0) is 43.9 Å². The Labute approximate surface area is 142 Å². The van der Waals surface area contributed by atoms with Gasteiger partial charge in [-0.2, -0.15) is 0 Å². The summed E-state index contributed by atoms with van der Waals surface area (Å²) in [5, 5.41) is 10.3. The molecule has 2 atom stereocenters. The number of benzene rings is 1. The van der Waals surface area contributed by atoms with Crippen LogP contribution in [0.3, 0.4) is 0 Å². The summed E-state index contributed by atoms with van der Waals surface area (Å²) in [4.78, 5) is 29.0. The maximum absolute atomic E-state index is 13.1. The SMILES string of the molecule is CN(CC(O)CN1C(=O)CC2(CCc3ccccc32)C1=O)C1CC1. The van der Waals surface area contributed by atoms with Gasteiger partial charge in [0.2, 0.25) is 11.8 Å². The van der Waals surface area contributed by atoms with Crippen LogP contribution in [0.1, 0.15) is 36.8 Å². The molecule has 2 amide bonds. The fourth-order valence-corrected chi connectivity index (χ4v) is 4.34. The van der Waals surface area contributed by atoms with Gasteiger partial charge in [-0.3, -0.25) is 14.5 Å². The van der Waals surface area contributed by atoms with E-state index in [1.807, 2.05) is 31.3 Å². The normalized spacial score (nSPS) is 27.4. The number of hydrogen-bond donors (Lipinski definition) is 1. The minimum absolute atomic E-state index is 0.110. The van der Waals surface area contributed by atoms with E-state index in [1.165, 1.54) is 23.3 Å². The number of carbonyl (C=O) groups excluding carboxylic acids is 2. The number of aryl methyl sites for hydroxylation is 1. The number of carbonyl (C=O) groups is 2. The van der Waals surface area contributed by atoms with E-state index >= 15 is 0 Å². The summed E-state index contributed by atoms with van der Waals surface area (Å²) in [5.74, 6) is -0.268. The van der Waals surface area contributed by atoms with Crippen LogP contribution >= 0.6 is 0 Å². The maximum Gasteiger partial charge on any atom is 0.240 e. The monoisotopic (exact) mass is 328 g/mol. The second-order valence-electron chi connectivity index (χ2n) is 7.55. The van der Waals surface area contributed by atoms with Crippen LogP contribution in [0, 0.1) is 0 Å². The molecule has 5 heteroatoms. The number of aliphatic hydroxyl groups is 1. The summed E-state index contributed by atoms with van der Waals surface area (Å²) in [6.07, 6.45) is 3.44. The van der Waals surface area contributed by atoms with Gasteiger partial charge >= 0.3 is 0 Å². The number of fused-ring (bicyclic) bond motifs is 2. The lowest BCUT2D eigenvalue weighted by Gasteiger charge is -2.26. The number of hydrogen-bond acceptors (Lipinski definition) is 4. The highest BCUT2D eigenvalue weighted by Gasteiger charge is 2.55. The van der Waals surface area contributed by atoms with Crippen molar-refractivity contribution in [3.8, 4) is 0 Å². The summed E-state index contributed by atoms with van der Waals surface area (Å²) in [6.45, 7) is 0.615. The standard InChI is InChI=1S/C19H24N2O3/c1-20(14-6-7-14)11-15(22)12-21-17(23)10-19(18(21)24)9-8-13-4-2-3-5-16(13)19/h2-5,14-15,22H,6-12H2,1H3. The molecule has 2 fully saturated rings. The fraction of sp³-hybridized carbons (Fsp3) is 0.579. The maximum atomic E-state index is 13.1. The number of rotatable bonds is 5. The first-order valence-electron chi connectivity index (χ1n) is 8.83. The smallest absolute Gasteiger partial charge is 0.240 e. The van der Waals surface area contributed by atoms with E-state index in [-0.39, 0.29) is 24.8 Å². The van der Waals surface area contributed by atoms with E-state index in [9.17, 15) is 14.7 Å². The van der Waals surface area contributed by atoms with Gasteiger partial charge < -0.3 is 10.0 Å². The number of likely N-dealkylation sites (N-methyl/N-ethyl adjacent to an activating group) is 1. The van der Waals surface area contributed by atoms with Crippen LogP contribution in [0.4, 0.5) is 0 Å². The zero-order valence-corrected chi connectivity index (χ0v) is 14.1. The molecule has 1 saturated heterocycles. The second-order valence-corrected chi connectivity index (χ2v) is 7.55. The van der Waals surface area contributed by atoms with Crippen LogP contribution in [-0.4, -0.2) is 59.0 Å². The van der Waals surface area contributed by atoms with Crippen LogP contribution in [0.5, 0.6) is 0 Å². The zero-order valence-electron chi connectivity index (χ0n) is 14.1. The number of nitrogens with zero attached hydrogens (tertiary/aromatic N) is 2. The zero-order chi connectivity index (χ0) is 16.9. The third-order valence-electron chi connectivity index (χ3n) is 5.82. The molecule has 1 spiro atoms. The predicted octanol–water partition coefficient (Wildman–Crippen LogP) is 1.08. The van der Waals surface area contributed by atoms with Gasteiger partial charge in [0, 0.05) is 19.0 Å². The third-order valence-corrected chi connectivity index (χ3v) is 5.82. The second kappa shape index (κ2) is 5.67. The van der Waals surface area contributed by atoms with Crippen LogP contribution in [-0.2, 0) is 21.4 Å². The van der Waals surface area contributed by atoms with Gasteiger partial charge in [0.25, 0.3) is 0 Å². The molecular weight excluding hydrogens is 304 g/mol. The minimum Gasteiger partial charge on any atom is -0.390 e. The number of β-amino-alcohol motifs (C(OH)–C–C–N with tert-alkyl or cyclic N) is 1. The summed E-state index contributed by atoms with van der Waals surface area (Å²) in [5.41, 5.74) is 1.50. The van der Waals surface area contributed by atoms with Crippen molar-refractivity contribution in [1.82, 2.24) is 9.80 Å². The van der Waals surface area contributed by atoms with Crippen LogP contribution in [0.2, 0.25) is 0 Å². The molecule has 1 N–H and O–H groups in total. The summed E-state index contributed by atoms with van der Waals surface area (Å²) < 4.78 is 0. The average Bonchev–Trinajstić information content (AvgIpc) is 3.31. The predicted molar refractivity (Wildman–Crippen MR) is 89.4 cm³/mol. The number of likely N-dealkylation sites (tertiary alicyclic amines) is 1. The molecule has 0 aromatic heterocycles. The molecule has 3 aliphatic rings. The molecule has 2 unspecified atom stereocenters. The van der Waals surface area contributed by atoms with Crippen LogP contribution in [0.25, 0.3) is 0 Å². The molecule has 24 heavy (non-hydrogen) atoms. The largest absolute Gasteiger partial charge is 0.390 e. The lowest BCUT2D eigenvalue weighted by molar-refractivity contribution is -0.141. The molecule has 2 aliphatic carbocycles. The molecule has 5 nitrogen and oxygen atoms in total. The van der Waals surface area contributed by atoms with Crippen molar-refractivity contribution in [3.05, 3.63) is 35.4 Å². The van der Waals surface area contributed by atoms with Gasteiger partial charge in [-0.25, -0.2) is 0 Å². The van der Waals surface area contributed by atoms with Crippen LogP contribution < -0.4 is 0 Å². The first-order valence-corrected chi connectivity index (χ1v) is 8.83. The van der Waals surface area contributed by atoms with E-state index in [4.69, 9.17) is 0 Å². The van der Waals surface area contributed by atoms with Crippen molar-refractivity contribution in [2.24, 2.45) is 0 Å². The molecule has 1 aromatic carbocycles. The van der Waals surface area contributed by atoms with Crippen molar-refractivity contribution in [1.29, 1.82) is 0 Å². The fourth-order valence-electron chi connectivity index (χ4n) is 4.34. The quantitative estimate of drug-likeness (QED) is 0.822. The molecule has 0 radical (unpaired) electrons. The summed E-state index contributed by atoms with van der Waals surface area (Å²) in [7, 11) is 1.99. The number of aliphatic hydroxyl groups excluding tert-OH is 1.